The predicted molar refractivity (Wildman–Crippen MR) is 250 cm³/mol. The molecule has 0 aromatic heterocycles. The maximum atomic E-state index is 14.3. The molecule has 396 valence electrons. The molecule has 1 fully saturated rings. The van der Waals surface area contributed by atoms with Crippen molar-refractivity contribution >= 4 is 65.1 Å². The van der Waals surface area contributed by atoms with Crippen molar-refractivity contribution in [2.75, 3.05) is 32.8 Å². The second kappa shape index (κ2) is 29.8. The van der Waals surface area contributed by atoms with Crippen LogP contribution in [0.3, 0.4) is 0 Å². The third-order valence-corrected chi connectivity index (χ3v) is 10.9. The maximum Gasteiger partial charge on any atom is 0.328 e. The summed E-state index contributed by atoms with van der Waals surface area (Å²) < 4.78 is 0. The lowest BCUT2D eigenvalue weighted by atomic mass is 10.0. The number of aliphatic imine (C=N–C) groups is 1. The fourth-order valence-electron chi connectivity index (χ4n) is 7.24. The molecule has 28 heteroatoms. The van der Waals surface area contributed by atoms with Crippen molar-refractivity contribution in [3.8, 4) is 5.75 Å². The average Bonchev–Trinajstić information content (AvgIpc) is 3.81. The summed E-state index contributed by atoms with van der Waals surface area (Å²) in [6.45, 7) is 2.05. The minimum atomic E-state index is -1.80. The lowest BCUT2D eigenvalue weighted by Gasteiger charge is -2.31. The van der Waals surface area contributed by atoms with Crippen molar-refractivity contribution in [2.45, 2.75) is 127 Å². The number of hydrogen-bond donors (Lipinski definition) is 16. The monoisotopic (exact) mass is 1010 g/mol. The first kappa shape index (κ1) is 60.0. The number of amides is 9. The number of hydrogen-bond acceptors (Lipinski definition) is 16. The number of nitrogens with one attached hydrogen (secondary N) is 7. The van der Waals surface area contributed by atoms with Crippen molar-refractivity contribution < 1.29 is 73.5 Å². The second-order valence-corrected chi connectivity index (χ2v) is 17.2. The summed E-state index contributed by atoms with van der Waals surface area (Å²) in [4.78, 5) is 136. The largest absolute Gasteiger partial charge is 0.508 e. The highest BCUT2D eigenvalue weighted by Crippen LogP contribution is 2.21. The number of carboxylic acids is 1. The van der Waals surface area contributed by atoms with Gasteiger partial charge in [-0.05, 0) is 69.1 Å². The Hall–Kier alpha value is -7.17. The number of nitrogens with two attached hydrogens (primary N) is 4. The molecule has 1 aromatic rings. The van der Waals surface area contributed by atoms with Gasteiger partial charge < -0.3 is 90.6 Å². The third kappa shape index (κ3) is 20.4. The van der Waals surface area contributed by atoms with E-state index in [4.69, 9.17) is 22.9 Å². The first-order chi connectivity index (χ1) is 33.4. The molecule has 9 atom stereocenters. The Bertz CT molecular complexity index is 2050. The Morgan fingerprint density at radius 3 is 1.76 bits per heavy atom. The number of rotatable bonds is 30. The number of nitrogens with zero attached hydrogens (tertiary/aromatic N) is 2. The topological polar surface area (TPSA) is 476 Å². The lowest BCUT2D eigenvalue weighted by Crippen LogP contribution is -2.61. The van der Waals surface area contributed by atoms with Crippen LogP contribution in [0, 0.1) is 5.92 Å². The molecule has 2 rings (SSSR count). The number of phenols is 1. The van der Waals surface area contributed by atoms with E-state index < -0.39 is 133 Å². The molecule has 9 amide bonds. The van der Waals surface area contributed by atoms with E-state index >= 15 is 0 Å². The van der Waals surface area contributed by atoms with Gasteiger partial charge in [0.05, 0.1) is 25.9 Å². The summed E-state index contributed by atoms with van der Waals surface area (Å²) in [5.41, 5.74) is 21.8. The summed E-state index contributed by atoms with van der Waals surface area (Å²) in [7, 11) is 0. The molecular formula is C43H69N13O15. The van der Waals surface area contributed by atoms with Gasteiger partial charge in [-0.15, -0.1) is 0 Å². The van der Waals surface area contributed by atoms with Gasteiger partial charge in [-0.25, -0.2) is 4.79 Å². The van der Waals surface area contributed by atoms with Crippen molar-refractivity contribution in [1.29, 1.82) is 0 Å². The molecule has 28 nitrogen and oxygen atoms in total. The summed E-state index contributed by atoms with van der Waals surface area (Å²) in [6.07, 6.45) is -2.03. The molecular weight excluding hydrogens is 939 g/mol. The normalized spacial score (nSPS) is 16.6. The van der Waals surface area contributed by atoms with Crippen molar-refractivity contribution in [3.63, 3.8) is 0 Å². The van der Waals surface area contributed by atoms with E-state index in [1.165, 1.54) is 36.1 Å². The molecule has 0 spiro atoms. The van der Waals surface area contributed by atoms with E-state index in [1.54, 1.807) is 13.8 Å². The molecule has 1 aliphatic heterocycles. The Morgan fingerprint density at radius 2 is 1.25 bits per heavy atom. The van der Waals surface area contributed by atoms with Crippen LogP contribution in [0.4, 0.5) is 0 Å². The maximum absolute atomic E-state index is 14.3. The Morgan fingerprint density at radius 1 is 0.718 bits per heavy atom. The summed E-state index contributed by atoms with van der Waals surface area (Å²) >= 11 is 0. The van der Waals surface area contributed by atoms with Gasteiger partial charge in [-0.3, -0.25) is 48.1 Å². The molecule has 0 bridgehead atoms. The van der Waals surface area contributed by atoms with E-state index in [9.17, 15) is 73.5 Å². The Labute approximate surface area is 408 Å². The Balaban J connectivity index is 2.40. The molecule has 0 unspecified atom stereocenters. The highest BCUT2D eigenvalue weighted by atomic mass is 16.4. The van der Waals surface area contributed by atoms with Gasteiger partial charge in [-0.1, -0.05) is 26.0 Å². The van der Waals surface area contributed by atoms with E-state index in [0.717, 1.165) is 0 Å². The van der Waals surface area contributed by atoms with Gasteiger partial charge in [0.25, 0.3) is 0 Å². The van der Waals surface area contributed by atoms with Crippen molar-refractivity contribution in [1.82, 2.24) is 42.1 Å². The van der Waals surface area contributed by atoms with Crippen molar-refractivity contribution in [2.24, 2.45) is 33.8 Å². The molecule has 71 heavy (non-hydrogen) atoms. The van der Waals surface area contributed by atoms with E-state index in [1.807, 2.05) is 0 Å². The van der Waals surface area contributed by atoms with Gasteiger partial charge in [-0.2, -0.15) is 0 Å². The third-order valence-electron chi connectivity index (χ3n) is 10.9. The minimum Gasteiger partial charge on any atom is -0.508 e. The van der Waals surface area contributed by atoms with Gasteiger partial charge in [0.15, 0.2) is 12.0 Å². The number of carbonyl (C=O) groups excluding carboxylic acids is 9. The zero-order valence-electron chi connectivity index (χ0n) is 39.8. The van der Waals surface area contributed by atoms with Gasteiger partial charge in [0, 0.05) is 25.9 Å². The SMILES string of the molecule is CC(C)C[C@H](NC(=O)[C@@H]1CCCN1C(=O)[C@H](CCCN=C(N)N)NC(=O)[C@H](CO)NC(=O)[C@H](Cc1ccc(O)cc1)NC(=O)[C@H](CO)NC(=O)[C@H](CCC(N)=O)NC(=O)CN)C(=O)N[C@H](C(=O)O)[C@@H](C)O. The molecule has 1 heterocycles. The lowest BCUT2D eigenvalue weighted by molar-refractivity contribution is -0.146. The fourth-order valence-corrected chi connectivity index (χ4v) is 7.24. The van der Waals surface area contributed by atoms with E-state index in [2.05, 4.69) is 42.2 Å². The molecule has 20 N–H and O–H groups in total. The average molecular weight is 1010 g/mol. The van der Waals surface area contributed by atoms with Crippen LogP contribution >= 0.6 is 0 Å². The summed E-state index contributed by atoms with van der Waals surface area (Å²) in [6, 6.07) is -6.80. The smallest absolute Gasteiger partial charge is 0.328 e. The number of phenolic OH excluding ortho intramolecular Hbond substituents is 1. The van der Waals surface area contributed by atoms with Gasteiger partial charge in [0.1, 0.15) is 48.0 Å². The molecule has 1 aromatic carbocycles. The van der Waals surface area contributed by atoms with Crippen LogP contribution in [0.2, 0.25) is 0 Å². The molecule has 1 aliphatic rings. The summed E-state index contributed by atoms with van der Waals surface area (Å²) in [5.74, 6) is -10.5. The second-order valence-electron chi connectivity index (χ2n) is 17.2. The molecule has 0 radical (unpaired) electrons. The fraction of sp³-hybridized carbons (Fsp3) is 0.605. The number of likely N-dealkylation sites (tertiary alicyclic amines) is 1. The number of aliphatic hydroxyl groups excluding tert-OH is 3. The number of primary amides is 1. The van der Waals surface area contributed by atoms with Crippen LogP contribution in [0.15, 0.2) is 29.3 Å². The number of carbonyl (C=O) groups is 10. The predicted octanol–water partition coefficient (Wildman–Crippen LogP) is -6.91. The van der Waals surface area contributed by atoms with Crippen LogP contribution in [0.5, 0.6) is 5.75 Å². The highest BCUT2D eigenvalue weighted by molar-refractivity contribution is 5.98. The number of aliphatic hydroxyl groups is 3. The minimum absolute atomic E-state index is 0.00779. The van der Waals surface area contributed by atoms with Crippen LogP contribution < -0.4 is 60.2 Å². The first-order valence-electron chi connectivity index (χ1n) is 22.8. The zero-order valence-corrected chi connectivity index (χ0v) is 39.8. The summed E-state index contributed by atoms with van der Waals surface area (Å²) in [5, 5.41) is 66.3. The van der Waals surface area contributed by atoms with Gasteiger partial charge in [0.2, 0.25) is 53.2 Å². The standard InChI is InChI=1S/C43H69N13O15/c1-21(2)16-27(37(65)55-34(22(3)59)42(70)71)52-40(68)31-7-5-15-56(31)41(69)26(6-4-14-48-43(46)47)50-38(66)29(19-57)54-36(64)28(17-23-8-10-24(60)11-9-23)51-39(67)30(20-58)53-35(63)25(12-13-32(45)61)49-33(62)18-44/h8-11,21-22,25-31,34,57-60H,4-7,12-20,44H2,1-3H3,(H2,45,61)(H,49,62)(H,50,66)(H,51,67)(H,52,68)(H,53,63)(H,54,64)(H,55,65)(H,70,71)(H4,46,47,48)/t22-,25+,26+,27+,28+,29+,30+,31+,34+/m1/s1. The van der Waals surface area contributed by atoms with Crippen molar-refractivity contribution in [3.05, 3.63) is 29.8 Å². The van der Waals surface area contributed by atoms with Crippen LogP contribution in [-0.2, 0) is 54.4 Å². The van der Waals surface area contributed by atoms with E-state index in [0.29, 0.717) is 12.0 Å². The number of carboxylic acid groups (broad SMARTS) is 1. The Kier molecular flexibility index (Phi) is 25.1. The molecule has 1 saturated heterocycles. The number of aliphatic carboxylic acids is 1. The van der Waals surface area contributed by atoms with Crippen LogP contribution in [0.25, 0.3) is 0 Å². The number of aromatic hydroxyl groups is 1. The van der Waals surface area contributed by atoms with E-state index in [-0.39, 0.29) is 75.7 Å². The van der Waals surface area contributed by atoms with Crippen LogP contribution in [-0.4, -0.2) is 183 Å². The molecule has 0 saturated carbocycles. The van der Waals surface area contributed by atoms with Gasteiger partial charge >= 0.3 is 5.97 Å². The number of guanidine groups is 1. The quantitative estimate of drug-likeness (QED) is 0.0193. The number of benzene rings is 1. The highest BCUT2D eigenvalue weighted by Gasteiger charge is 2.40. The zero-order chi connectivity index (χ0) is 53.5. The molecule has 0 aliphatic carbocycles. The first-order valence-corrected chi connectivity index (χ1v) is 22.8. The van der Waals surface area contributed by atoms with Crippen LogP contribution in [0.1, 0.15) is 71.3 Å².